The van der Waals surface area contributed by atoms with Gasteiger partial charge in [-0.3, -0.25) is 0 Å². The van der Waals surface area contributed by atoms with Crippen LogP contribution in [0.5, 0.6) is 0 Å². The lowest BCUT2D eigenvalue weighted by atomic mass is 9.75. The van der Waals surface area contributed by atoms with Gasteiger partial charge in [0.15, 0.2) is 0 Å². The quantitative estimate of drug-likeness (QED) is 0.860. The Morgan fingerprint density at radius 3 is 2.60 bits per heavy atom. The van der Waals surface area contributed by atoms with Crippen LogP contribution in [0.3, 0.4) is 0 Å². The largest absolute Gasteiger partial charge is 0.444 e. The number of hydrogen-bond donors (Lipinski definition) is 1. The first-order chi connectivity index (χ1) is 9.09. The van der Waals surface area contributed by atoms with Gasteiger partial charge in [0, 0.05) is 26.2 Å². The summed E-state index contributed by atoms with van der Waals surface area (Å²) in [6, 6.07) is 0.589. The summed E-state index contributed by atoms with van der Waals surface area (Å²) in [5.41, 5.74) is 0.0269. The summed E-state index contributed by atoms with van der Waals surface area (Å²) in [7, 11) is 1.79. The third-order valence-corrected chi connectivity index (χ3v) is 3.79. The molecule has 0 aromatic carbocycles. The third kappa shape index (κ3) is 6.60. The molecule has 1 aliphatic carbocycles. The number of hydrogen-bond acceptors (Lipinski definition) is 3. The van der Waals surface area contributed by atoms with Gasteiger partial charge in [0.25, 0.3) is 0 Å². The molecule has 1 amide bonds. The lowest BCUT2D eigenvalue weighted by molar-refractivity contribution is 0.0297. The summed E-state index contributed by atoms with van der Waals surface area (Å²) in [6.45, 7) is 11.9. The van der Waals surface area contributed by atoms with Gasteiger partial charge in [-0.15, -0.1) is 0 Å². The molecule has 1 unspecified atom stereocenters. The van der Waals surface area contributed by atoms with Gasteiger partial charge in [0.1, 0.15) is 5.60 Å². The van der Waals surface area contributed by atoms with Crippen LogP contribution in [0.2, 0.25) is 0 Å². The highest BCUT2D eigenvalue weighted by atomic mass is 16.6. The average molecular weight is 284 g/mol. The highest BCUT2D eigenvalue weighted by molar-refractivity contribution is 5.67. The second-order valence-electron chi connectivity index (χ2n) is 7.81. The molecule has 1 fully saturated rings. The number of carbonyl (C=O) groups is 1. The van der Waals surface area contributed by atoms with Crippen molar-refractivity contribution in [2.45, 2.75) is 71.9 Å². The molecule has 20 heavy (non-hydrogen) atoms. The molecular formula is C16H32N2O2. The van der Waals surface area contributed by atoms with Crippen LogP contribution in [0.15, 0.2) is 0 Å². The Kier molecular flexibility index (Phi) is 5.87. The van der Waals surface area contributed by atoms with Crippen molar-refractivity contribution in [3.05, 3.63) is 0 Å². The summed E-state index contributed by atoms with van der Waals surface area (Å²) in [5.74, 6) is 0. The van der Waals surface area contributed by atoms with Crippen molar-refractivity contribution >= 4 is 6.09 Å². The molecule has 1 atom stereocenters. The van der Waals surface area contributed by atoms with E-state index in [9.17, 15) is 4.79 Å². The van der Waals surface area contributed by atoms with E-state index >= 15 is 0 Å². The highest BCUT2D eigenvalue weighted by Gasteiger charge is 2.27. The van der Waals surface area contributed by atoms with Crippen LogP contribution in [0.25, 0.3) is 0 Å². The van der Waals surface area contributed by atoms with Crippen LogP contribution >= 0.6 is 0 Å². The predicted molar refractivity (Wildman–Crippen MR) is 82.9 cm³/mol. The molecule has 1 saturated carbocycles. The van der Waals surface area contributed by atoms with Crippen LogP contribution in [-0.4, -0.2) is 42.8 Å². The fraction of sp³-hybridized carbons (Fsp3) is 0.938. The standard InChI is InChI=1S/C16H32N2O2/c1-15(2,3)20-14(19)18(6)11-10-17-13-8-7-9-16(4,5)12-13/h13,17H,7-12H2,1-6H3. The second-order valence-corrected chi connectivity index (χ2v) is 7.81. The number of likely N-dealkylation sites (N-methyl/N-ethyl adjacent to an activating group) is 1. The van der Waals surface area contributed by atoms with E-state index in [2.05, 4.69) is 19.2 Å². The smallest absolute Gasteiger partial charge is 0.410 e. The highest BCUT2D eigenvalue weighted by Crippen LogP contribution is 2.34. The molecule has 1 aliphatic rings. The molecule has 0 aromatic rings. The number of nitrogens with zero attached hydrogens (tertiary/aromatic N) is 1. The zero-order valence-corrected chi connectivity index (χ0v) is 14.1. The molecule has 0 aromatic heterocycles. The Morgan fingerprint density at radius 2 is 2.05 bits per heavy atom. The maximum absolute atomic E-state index is 11.8. The Balaban J connectivity index is 2.25. The van der Waals surface area contributed by atoms with E-state index in [4.69, 9.17) is 4.74 Å². The van der Waals surface area contributed by atoms with Crippen LogP contribution in [-0.2, 0) is 4.74 Å². The van der Waals surface area contributed by atoms with E-state index in [1.165, 1.54) is 25.7 Å². The van der Waals surface area contributed by atoms with Crippen molar-refractivity contribution in [3.8, 4) is 0 Å². The minimum atomic E-state index is -0.424. The molecule has 1 rings (SSSR count). The number of rotatable bonds is 4. The minimum Gasteiger partial charge on any atom is -0.444 e. The Morgan fingerprint density at radius 1 is 1.40 bits per heavy atom. The fourth-order valence-electron chi connectivity index (χ4n) is 2.74. The molecule has 0 bridgehead atoms. The van der Waals surface area contributed by atoms with Gasteiger partial charge < -0.3 is 15.0 Å². The van der Waals surface area contributed by atoms with E-state index in [1.54, 1.807) is 11.9 Å². The normalized spacial score (nSPS) is 22.4. The Hall–Kier alpha value is -0.770. The molecule has 0 heterocycles. The maximum Gasteiger partial charge on any atom is 0.410 e. The van der Waals surface area contributed by atoms with Crippen molar-refractivity contribution in [3.63, 3.8) is 0 Å². The first kappa shape index (κ1) is 17.3. The molecule has 0 saturated heterocycles. The Labute approximate surface area is 124 Å². The molecule has 118 valence electrons. The lowest BCUT2D eigenvalue weighted by Crippen LogP contribution is -2.42. The topological polar surface area (TPSA) is 41.6 Å². The summed E-state index contributed by atoms with van der Waals surface area (Å²) in [4.78, 5) is 13.5. The molecule has 1 N–H and O–H groups in total. The van der Waals surface area contributed by atoms with Crippen molar-refractivity contribution in [1.82, 2.24) is 10.2 Å². The van der Waals surface area contributed by atoms with E-state index in [0.717, 1.165) is 6.54 Å². The van der Waals surface area contributed by atoms with Crippen molar-refractivity contribution < 1.29 is 9.53 Å². The average Bonchev–Trinajstić information content (AvgIpc) is 2.25. The van der Waals surface area contributed by atoms with Gasteiger partial charge >= 0.3 is 6.09 Å². The second kappa shape index (κ2) is 6.79. The monoisotopic (exact) mass is 284 g/mol. The zero-order valence-electron chi connectivity index (χ0n) is 14.1. The number of amides is 1. The Bertz CT molecular complexity index is 321. The molecule has 0 radical (unpaired) electrons. The van der Waals surface area contributed by atoms with Gasteiger partial charge in [-0.05, 0) is 45.4 Å². The van der Waals surface area contributed by atoms with Crippen LogP contribution in [0, 0.1) is 5.41 Å². The van der Waals surface area contributed by atoms with E-state index < -0.39 is 5.60 Å². The summed E-state index contributed by atoms with van der Waals surface area (Å²) in [6.07, 6.45) is 4.85. The molecular weight excluding hydrogens is 252 g/mol. The van der Waals surface area contributed by atoms with Gasteiger partial charge in [-0.25, -0.2) is 4.79 Å². The summed E-state index contributed by atoms with van der Waals surface area (Å²) >= 11 is 0. The number of ether oxygens (including phenoxy) is 1. The number of carbonyl (C=O) groups excluding carboxylic acids is 1. The van der Waals surface area contributed by atoms with E-state index in [1.807, 2.05) is 20.8 Å². The van der Waals surface area contributed by atoms with E-state index in [-0.39, 0.29) is 6.09 Å². The molecule has 4 nitrogen and oxygen atoms in total. The molecule has 0 aliphatic heterocycles. The fourth-order valence-corrected chi connectivity index (χ4v) is 2.74. The van der Waals surface area contributed by atoms with E-state index in [0.29, 0.717) is 18.0 Å². The molecule has 0 spiro atoms. The third-order valence-electron chi connectivity index (χ3n) is 3.79. The first-order valence-corrected chi connectivity index (χ1v) is 7.77. The van der Waals surface area contributed by atoms with Gasteiger partial charge in [0.2, 0.25) is 0 Å². The first-order valence-electron chi connectivity index (χ1n) is 7.77. The summed E-state index contributed by atoms with van der Waals surface area (Å²) < 4.78 is 5.33. The SMILES string of the molecule is CN(CCNC1CCCC(C)(C)C1)C(=O)OC(C)(C)C. The van der Waals surface area contributed by atoms with Gasteiger partial charge in [-0.2, -0.15) is 0 Å². The zero-order chi connectivity index (χ0) is 15.4. The predicted octanol–water partition coefficient (Wildman–Crippen LogP) is 3.41. The van der Waals surface area contributed by atoms with Gasteiger partial charge in [0.05, 0.1) is 0 Å². The van der Waals surface area contributed by atoms with Crippen molar-refractivity contribution in [2.75, 3.05) is 20.1 Å². The van der Waals surface area contributed by atoms with Crippen LogP contribution in [0.4, 0.5) is 4.79 Å². The van der Waals surface area contributed by atoms with Crippen molar-refractivity contribution in [2.24, 2.45) is 5.41 Å². The summed E-state index contributed by atoms with van der Waals surface area (Å²) in [5, 5.41) is 3.58. The van der Waals surface area contributed by atoms with Crippen LogP contribution < -0.4 is 5.32 Å². The number of nitrogens with one attached hydrogen (secondary N) is 1. The van der Waals surface area contributed by atoms with Crippen LogP contribution in [0.1, 0.15) is 60.3 Å². The lowest BCUT2D eigenvalue weighted by Gasteiger charge is -2.36. The van der Waals surface area contributed by atoms with Crippen molar-refractivity contribution in [1.29, 1.82) is 0 Å². The maximum atomic E-state index is 11.8. The molecule has 4 heteroatoms. The van der Waals surface area contributed by atoms with Gasteiger partial charge in [-0.1, -0.05) is 20.3 Å². The minimum absolute atomic E-state index is 0.247.